The monoisotopic (exact) mass is 1060 g/mol. The summed E-state index contributed by atoms with van der Waals surface area (Å²) >= 11 is 0. The summed E-state index contributed by atoms with van der Waals surface area (Å²) < 4.78 is 23.3. The van der Waals surface area contributed by atoms with E-state index in [4.69, 9.17) is 9.05 Å². The van der Waals surface area contributed by atoms with Gasteiger partial charge in [-0.1, -0.05) is 236 Å². The van der Waals surface area contributed by atoms with Crippen LogP contribution in [0.1, 0.15) is 200 Å². The largest absolute Gasteiger partial charge is 0.756 e. The molecule has 0 saturated heterocycles. The second-order valence-electron chi connectivity index (χ2n) is 20.3. The number of hydrogen-bond acceptors (Lipinski definition) is 6. The maximum absolute atomic E-state index is 12.9. The molecule has 0 aliphatic rings. The molecule has 2 N–H and O–H groups in total. The van der Waals surface area contributed by atoms with Crippen molar-refractivity contribution < 1.29 is 32.9 Å². The van der Waals surface area contributed by atoms with E-state index >= 15 is 0 Å². The molecule has 0 aromatic carbocycles. The summed E-state index contributed by atoms with van der Waals surface area (Å²) in [5.74, 6) is -0.234. The molecule has 0 radical (unpaired) electrons. The van der Waals surface area contributed by atoms with Gasteiger partial charge in [-0.05, 0) is 116 Å². The van der Waals surface area contributed by atoms with Gasteiger partial charge in [-0.25, -0.2) is 0 Å². The number of carbonyl (C=O) groups is 1. The molecule has 3 unspecified atom stereocenters. The van der Waals surface area contributed by atoms with Gasteiger partial charge in [0, 0.05) is 6.42 Å². The summed E-state index contributed by atoms with van der Waals surface area (Å²) in [6.45, 7) is 4.46. The van der Waals surface area contributed by atoms with E-state index in [9.17, 15) is 19.4 Å². The first-order valence-corrected chi connectivity index (χ1v) is 30.8. The second-order valence-corrected chi connectivity index (χ2v) is 21.7. The first-order chi connectivity index (χ1) is 36.5. The number of aliphatic hydroxyl groups excluding tert-OH is 1. The Morgan fingerprint density at radius 2 is 0.827 bits per heavy atom. The van der Waals surface area contributed by atoms with E-state index in [2.05, 4.69) is 165 Å². The molecule has 1 amide bonds. The fourth-order valence-electron chi connectivity index (χ4n) is 7.41. The van der Waals surface area contributed by atoms with Crippen LogP contribution in [0.4, 0.5) is 0 Å². The summed E-state index contributed by atoms with van der Waals surface area (Å²) in [5.41, 5.74) is 0. The Balaban J connectivity index is 4.23. The molecule has 0 spiro atoms. The Hall–Kier alpha value is -3.88. The molecular formula is C66H109N2O6P. The highest BCUT2D eigenvalue weighted by Crippen LogP contribution is 2.38. The second kappa shape index (κ2) is 54.9. The molecule has 424 valence electrons. The molecule has 9 heteroatoms. The summed E-state index contributed by atoms with van der Waals surface area (Å²) in [6.07, 6.45) is 86.1. The maximum Gasteiger partial charge on any atom is 0.268 e. The average molecular weight is 1060 g/mol. The van der Waals surface area contributed by atoms with Gasteiger partial charge in [0.15, 0.2) is 0 Å². The van der Waals surface area contributed by atoms with Crippen molar-refractivity contribution in [1.82, 2.24) is 5.32 Å². The Morgan fingerprint density at radius 1 is 0.480 bits per heavy atom. The summed E-state index contributed by atoms with van der Waals surface area (Å²) in [4.78, 5) is 25.4. The predicted molar refractivity (Wildman–Crippen MR) is 324 cm³/mol. The lowest BCUT2D eigenvalue weighted by molar-refractivity contribution is -0.870. The van der Waals surface area contributed by atoms with Crippen molar-refractivity contribution in [2.24, 2.45) is 0 Å². The third-order valence-corrected chi connectivity index (χ3v) is 12.9. The molecule has 8 nitrogen and oxygen atoms in total. The summed E-state index contributed by atoms with van der Waals surface area (Å²) in [5, 5.41) is 13.8. The fraction of sp³-hybridized carbons (Fsp3) is 0.591. The van der Waals surface area contributed by atoms with Crippen molar-refractivity contribution in [3.8, 4) is 0 Å². The SMILES string of the molecule is CC/C=C\C/C=C\C/C=C\C/C=C\C/C=C\C/C=C\C/C=C\C/C=C\C/C=C\C/C=C\C/C=C\CCCCCCCC(=O)NC(COP(=O)([O-])OCC[N+](C)(C)C)C(O)/C=C/CC/C=C/CCCCCCCCCC. The number of allylic oxidation sites excluding steroid dienone is 25. The Labute approximate surface area is 461 Å². The molecule has 0 aliphatic heterocycles. The lowest BCUT2D eigenvalue weighted by atomic mass is 10.1. The number of unbranched alkanes of at least 4 members (excludes halogenated alkanes) is 14. The standard InChI is InChI=1S/C66H109N2O6P/c1-6-8-10-12-14-16-18-20-22-23-24-25-26-27-28-29-30-31-32-33-34-35-36-37-38-39-40-41-42-43-44-45-46-48-50-52-54-56-58-60-66(70)67-64(63-74-75(71,72)73-62-61-68(3,4)5)65(69)59-57-55-53-51-49-47-21-19-17-15-13-11-9-7-2/h8,10,14,16,20,22,24-25,27-28,30-31,33-34,36-37,39-40,42-43,45-46,49,51,57,59,64-65,69H,6-7,9,11-13,15,17-19,21,23,26,29,32,35,38,41,44,47-48,50,52-56,58,60-63H2,1-5H3,(H-,67,70,71,72)/b10-8-,16-14-,22-20-,25-24-,28-27-,31-30-,34-33-,37-36-,40-39-,43-42-,46-45-,51-49+,59-57+. The van der Waals surface area contributed by atoms with Gasteiger partial charge < -0.3 is 28.8 Å². The highest BCUT2D eigenvalue weighted by Gasteiger charge is 2.23. The molecule has 0 aromatic rings. The van der Waals surface area contributed by atoms with Gasteiger partial charge in [0.25, 0.3) is 7.82 Å². The van der Waals surface area contributed by atoms with Crippen LogP contribution in [-0.2, 0) is 18.4 Å². The quantitative estimate of drug-likeness (QED) is 0.0272. The Morgan fingerprint density at radius 3 is 1.24 bits per heavy atom. The van der Waals surface area contributed by atoms with Crippen LogP contribution in [0, 0.1) is 0 Å². The highest BCUT2D eigenvalue weighted by atomic mass is 31.2. The summed E-state index contributed by atoms with van der Waals surface area (Å²) in [6, 6.07) is -0.925. The average Bonchev–Trinajstić information content (AvgIpc) is 3.37. The fourth-order valence-corrected chi connectivity index (χ4v) is 8.13. The molecule has 0 bridgehead atoms. The van der Waals surface area contributed by atoms with Gasteiger partial charge in [-0.15, -0.1) is 0 Å². The smallest absolute Gasteiger partial charge is 0.268 e. The van der Waals surface area contributed by atoms with Gasteiger partial charge >= 0.3 is 0 Å². The van der Waals surface area contributed by atoms with Crippen LogP contribution in [0.2, 0.25) is 0 Å². The lowest BCUT2D eigenvalue weighted by Crippen LogP contribution is -2.45. The number of rotatable bonds is 51. The van der Waals surface area contributed by atoms with Crippen LogP contribution in [0.5, 0.6) is 0 Å². The van der Waals surface area contributed by atoms with Gasteiger partial charge in [0.05, 0.1) is 39.9 Å². The Bertz CT molecular complexity index is 1770. The zero-order chi connectivity index (χ0) is 54.9. The van der Waals surface area contributed by atoms with Crippen LogP contribution in [0.3, 0.4) is 0 Å². The zero-order valence-corrected chi connectivity index (χ0v) is 49.1. The number of nitrogens with one attached hydrogen (secondary N) is 1. The van der Waals surface area contributed by atoms with Gasteiger partial charge in [0.1, 0.15) is 13.2 Å². The Kier molecular flexibility index (Phi) is 52.1. The molecule has 0 aliphatic carbocycles. The predicted octanol–water partition coefficient (Wildman–Crippen LogP) is 17.6. The minimum atomic E-state index is -4.62. The van der Waals surface area contributed by atoms with Crippen LogP contribution in [-0.4, -0.2) is 68.5 Å². The molecule has 75 heavy (non-hydrogen) atoms. The summed E-state index contributed by atoms with van der Waals surface area (Å²) in [7, 11) is 1.20. The molecule has 3 atom stereocenters. The van der Waals surface area contributed by atoms with E-state index in [1.165, 1.54) is 51.4 Å². The number of phosphoric ester groups is 1. The van der Waals surface area contributed by atoms with Crippen LogP contribution in [0.15, 0.2) is 158 Å². The molecule has 0 rings (SSSR count). The highest BCUT2D eigenvalue weighted by molar-refractivity contribution is 7.45. The van der Waals surface area contributed by atoms with E-state index < -0.39 is 26.6 Å². The van der Waals surface area contributed by atoms with Crippen molar-refractivity contribution in [3.05, 3.63) is 158 Å². The van der Waals surface area contributed by atoms with E-state index in [0.29, 0.717) is 17.4 Å². The lowest BCUT2D eigenvalue weighted by Gasteiger charge is -2.29. The minimum Gasteiger partial charge on any atom is -0.756 e. The number of carbonyl (C=O) groups excluding carboxylic acids is 1. The number of quaternary nitrogens is 1. The molecule has 0 aromatic heterocycles. The third-order valence-electron chi connectivity index (χ3n) is 12.0. The van der Waals surface area contributed by atoms with Crippen molar-refractivity contribution >= 4 is 13.7 Å². The number of phosphoric acid groups is 1. The van der Waals surface area contributed by atoms with Gasteiger partial charge in [-0.3, -0.25) is 9.36 Å². The topological polar surface area (TPSA) is 108 Å². The first-order valence-electron chi connectivity index (χ1n) is 29.3. The van der Waals surface area contributed by atoms with E-state index in [-0.39, 0.29) is 12.5 Å². The van der Waals surface area contributed by atoms with Crippen molar-refractivity contribution in [3.63, 3.8) is 0 Å². The number of nitrogens with zero attached hydrogens (tertiary/aromatic N) is 1. The van der Waals surface area contributed by atoms with Crippen molar-refractivity contribution in [1.29, 1.82) is 0 Å². The first kappa shape index (κ1) is 71.1. The molecular weight excluding hydrogens is 948 g/mol. The van der Waals surface area contributed by atoms with Gasteiger partial charge in [-0.2, -0.15) is 0 Å². The van der Waals surface area contributed by atoms with Crippen LogP contribution < -0.4 is 10.2 Å². The molecule has 0 heterocycles. The van der Waals surface area contributed by atoms with E-state index in [1.807, 2.05) is 27.2 Å². The molecule has 0 saturated carbocycles. The van der Waals surface area contributed by atoms with Gasteiger partial charge in [0.2, 0.25) is 5.91 Å². The van der Waals surface area contributed by atoms with Crippen LogP contribution in [0.25, 0.3) is 0 Å². The van der Waals surface area contributed by atoms with E-state index in [0.717, 1.165) is 128 Å². The third kappa shape index (κ3) is 57.7. The number of aliphatic hydroxyl groups is 1. The number of amides is 1. The minimum absolute atomic E-state index is 0.0191. The normalized spacial score (nSPS) is 15.0. The van der Waals surface area contributed by atoms with Crippen molar-refractivity contribution in [2.45, 2.75) is 212 Å². The van der Waals surface area contributed by atoms with E-state index in [1.54, 1.807) is 6.08 Å². The van der Waals surface area contributed by atoms with Crippen molar-refractivity contribution in [2.75, 3.05) is 40.9 Å². The van der Waals surface area contributed by atoms with Crippen LogP contribution >= 0.6 is 7.82 Å². The zero-order valence-electron chi connectivity index (χ0n) is 48.2. The number of hydrogen-bond donors (Lipinski definition) is 2. The number of likely N-dealkylation sites (N-methyl/N-ethyl adjacent to an activating group) is 1. The molecule has 0 fully saturated rings. The maximum atomic E-state index is 12.9.